The average molecular weight is 350 g/mol. The van der Waals surface area contributed by atoms with Crippen molar-refractivity contribution in [2.45, 2.75) is 98.6 Å². The summed E-state index contributed by atoms with van der Waals surface area (Å²) < 4.78 is 6.18. The van der Waals surface area contributed by atoms with Crippen molar-refractivity contribution in [1.29, 1.82) is 0 Å². The minimum atomic E-state index is 0.261. The quantitative estimate of drug-likeness (QED) is 0.383. The van der Waals surface area contributed by atoms with Gasteiger partial charge in [-0.3, -0.25) is 4.90 Å². The van der Waals surface area contributed by atoms with E-state index in [1.165, 1.54) is 44.1 Å². The van der Waals surface area contributed by atoms with Crippen LogP contribution >= 0.6 is 0 Å². The summed E-state index contributed by atoms with van der Waals surface area (Å²) in [6, 6.07) is 0.714. The van der Waals surface area contributed by atoms with Crippen LogP contribution in [0.25, 0.3) is 0 Å². The molecule has 0 bridgehead atoms. The van der Waals surface area contributed by atoms with Crippen molar-refractivity contribution in [3.63, 3.8) is 0 Å². The van der Waals surface area contributed by atoms with Crippen molar-refractivity contribution in [1.82, 2.24) is 4.90 Å². The fourth-order valence-corrected chi connectivity index (χ4v) is 4.38. The van der Waals surface area contributed by atoms with Crippen LogP contribution in [0.5, 0.6) is 0 Å². The zero-order valence-corrected chi connectivity index (χ0v) is 17.8. The minimum Gasteiger partial charge on any atom is -0.372 e. The highest BCUT2D eigenvalue weighted by atomic mass is 16.5. The summed E-state index contributed by atoms with van der Waals surface area (Å²) in [4.78, 5) is 2.59. The lowest BCUT2D eigenvalue weighted by molar-refractivity contribution is 0.0533. The van der Waals surface area contributed by atoms with E-state index in [1.54, 1.807) is 0 Å². The van der Waals surface area contributed by atoms with Gasteiger partial charge in [0, 0.05) is 12.6 Å². The Morgan fingerprint density at radius 1 is 1.12 bits per heavy atom. The Kier molecular flexibility index (Phi) is 10.7. The van der Waals surface area contributed by atoms with E-state index in [0.717, 1.165) is 26.1 Å². The third-order valence-corrected chi connectivity index (χ3v) is 6.43. The van der Waals surface area contributed by atoms with Crippen LogP contribution in [0.15, 0.2) is 23.8 Å². The summed E-state index contributed by atoms with van der Waals surface area (Å²) >= 11 is 0. The van der Waals surface area contributed by atoms with Crippen LogP contribution in [-0.4, -0.2) is 36.7 Å². The van der Waals surface area contributed by atoms with Crippen LogP contribution in [0.1, 0.15) is 86.5 Å². The molecular formula is C23H43NO. The molecule has 0 spiro atoms. The lowest BCUT2D eigenvalue weighted by atomic mass is 9.72. The van der Waals surface area contributed by atoms with Gasteiger partial charge in [0.25, 0.3) is 0 Å². The summed E-state index contributed by atoms with van der Waals surface area (Å²) in [6.45, 7) is 16.9. The minimum absolute atomic E-state index is 0.261. The van der Waals surface area contributed by atoms with E-state index in [1.807, 2.05) is 0 Å². The van der Waals surface area contributed by atoms with Crippen LogP contribution in [0.2, 0.25) is 0 Å². The fraction of sp³-hybridized carbons (Fsp3) is 0.826. The molecule has 0 fully saturated rings. The molecule has 0 aliphatic heterocycles. The molecule has 0 aromatic heterocycles. The molecular weight excluding hydrogens is 306 g/mol. The molecule has 1 aliphatic rings. The number of hydrogen-bond acceptors (Lipinski definition) is 2. The fourth-order valence-electron chi connectivity index (χ4n) is 4.38. The highest BCUT2D eigenvalue weighted by Gasteiger charge is 2.28. The molecule has 1 rings (SSSR count). The molecule has 0 radical (unpaired) electrons. The van der Waals surface area contributed by atoms with Gasteiger partial charge in [-0.25, -0.2) is 0 Å². The van der Waals surface area contributed by atoms with Crippen LogP contribution in [-0.2, 0) is 4.74 Å². The number of allylic oxidation sites excluding steroid dienone is 2. The molecule has 0 aromatic rings. The molecule has 2 atom stereocenters. The van der Waals surface area contributed by atoms with Gasteiger partial charge in [-0.2, -0.15) is 0 Å². The first-order valence-corrected chi connectivity index (χ1v) is 10.8. The summed E-state index contributed by atoms with van der Waals surface area (Å²) in [5.41, 5.74) is 1.90. The highest BCUT2D eigenvalue weighted by molar-refractivity contribution is 5.31. The molecule has 2 nitrogen and oxygen atoms in total. The summed E-state index contributed by atoms with van der Waals surface area (Å²) in [5.74, 6) is 0. The van der Waals surface area contributed by atoms with E-state index in [9.17, 15) is 0 Å². The Morgan fingerprint density at radius 2 is 1.80 bits per heavy atom. The number of rotatable bonds is 13. The zero-order chi connectivity index (χ0) is 18.7. The van der Waals surface area contributed by atoms with Crippen molar-refractivity contribution in [2.75, 3.05) is 19.7 Å². The third kappa shape index (κ3) is 6.25. The van der Waals surface area contributed by atoms with Crippen molar-refractivity contribution in [3.05, 3.63) is 23.8 Å². The second-order valence-electron chi connectivity index (χ2n) is 7.48. The van der Waals surface area contributed by atoms with E-state index in [2.05, 4.69) is 64.7 Å². The predicted octanol–water partition coefficient (Wildman–Crippen LogP) is 6.37. The second-order valence-corrected chi connectivity index (χ2v) is 7.48. The Bertz CT molecular complexity index is 400. The van der Waals surface area contributed by atoms with Crippen LogP contribution in [0.4, 0.5) is 0 Å². The van der Waals surface area contributed by atoms with Gasteiger partial charge in [-0.15, -0.1) is 0 Å². The second kappa shape index (κ2) is 11.9. The molecule has 0 saturated heterocycles. The van der Waals surface area contributed by atoms with Gasteiger partial charge in [0.2, 0.25) is 0 Å². The molecule has 0 heterocycles. The third-order valence-electron chi connectivity index (χ3n) is 6.43. The number of ether oxygens (including phenoxy) is 1. The lowest BCUT2D eigenvalue weighted by Crippen LogP contribution is -2.37. The van der Waals surface area contributed by atoms with Crippen LogP contribution in [0.3, 0.4) is 0 Å². The van der Waals surface area contributed by atoms with E-state index >= 15 is 0 Å². The van der Waals surface area contributed by atoms with Crippen molar-refractivity contribution < 1.29 is 4.74 Å². The molecule has 0 N–H and O–H groups in total. The van der Waals surface area contributed by atoms with Gasteiger partial charge in [0.05, 0.1) is 12.7 Å². The number of hydrogen-bond donors (Lipinski definition) is 0. The molecule has 0 saturated carbocycles. The Labute approximate surface area is 157 Å². The summed E-state index contributed by atoms with van der Waals surface area (Å²) in [6.07, 6.45) is 15.8. The predicted molar refractivity (Wildman–Crippen MR) is 111 cm³/mol. The Balaban J connectivity index is 2.48. The maximum Gasteiger partial charge on any atom is 0.0794 e. The Hall–Kier alpha value is -0.600. The van der Waals surface area contributed by atoms with Crippen molar-refractivity contribution >= 4 is 0 Å². The van der Waals surface area contributed by atoms with Crippen LogP contribution in [0, 0.1) is 5.41 Å². The molecule has 25 heavy (non-hydrogen) atoms. The average Bonchev–Trinajstić information content (AvgIpc) is 2.66. The lowest BCUT2D eigenvalue weighted by Gasteiger charge is -2.34. The van der Waals surface area contributed by atoms with Gasteiger partial charge >= 0.3 is 0 Å². The van der Waals surface area contributed by atoms with Gasteiger partial charge in [-0.05, 0) is 56.1 Å². The largest absolute Gasteiger partial charge is 0.372 e. The molecule has 0 amide bonds. The number of likely N-dealkylation sites (N-methyl/N-ethyl adjacent to an activating group) is 1. The maximum absolute atomic E-state index is 6.18. The first kappa shape index (κ1) is 22.4. The topological polar surface area (TPSA) is 12.5 Å². The highest BCUT2D eigenvalue weighted by Crippen LogP contribution is 2.40. The smallest absolute Gasteiger partial charge is 0.0794 e. The van der Waals surface area contributed by atoms with Crippen LogP contribution < -0.4 is 0 Å². The standard InChI is InChI=1S/C23H43NO/c1-7-13-21(8-2)24(12-6)18-19-25-22-16-14-20(15-17-22)23(9-3,10-4)11-5/h14-16,21-22H,7-13,17-19H2,1-6H3. The normalized spacial score (nSPS) is 19.3. The zero-order valence-electron chi connectivity index (χ0n) is 17.8. The van der Waals surface area contributed by atoms with Gasteiger partial charge < -0.3 is 4.74 Å². The molecule has 2 unspecified atom stereocenters. The van der Waals surface area contributed by atoms with Gasteiger partial charge in [0.15, 0.2) is 0 Å². The van der Waals surface area contributed by atoms with Crippen molar-refractivity contribution in [2.24, 2.45) is 5.41 Å². The summed E-state index contributed by atoms with van der Waals surface area (Å²) in [7, 11) is 0. The Morgan fingerprint density at radius 3 is 2.24 bits per heavy atom. The maximum atomic E-state index is 6.18. The van der Waals surface area contributed by atoms with Crippen molar-refractivity contribution in [3.8, 4) is 0 Å². The summed E-state index contributed by atoms with van der Waals surface area (Å²) in [5, 5.41) is 0. The van der Waals surface area contributed by atoms with E-state index in [0.29, 0.717) is 11.5 Å². The van der Waals surface area contributed by atoms with E-state index in [-0.39, 0.29) is 6.10 Å². The first-order valence-electron chi connectivity index (χ1n) is 10.8. The number of nitrogens with zero attached hydrogens (tertiary/aromatic N) is 1. The van der Waals surface area contributed by atoms with Gasteiger partial charge in [-0.1, -0.05) is 66.2 Å². The molecule has 146 valence electrons. The monoisotopic (exact) mass is 349 g/mol. The van der Waals surface area contributed by atoms with Gasteiger partial charge in [0.1, 0.15) is 0 Å². The molecule has 1 aliphatic carbocycles. The van der Waals surface area contributed by atoms with E-state index < -0.39 is 0 Å². The molecule has 2 heteroatoms. The van der Waals surface area contributed by atoms with E-state index in [4.69, 9.17) is 4.74 Å². The SMILES string of the molecule is CCCC(CC)N(CC)CCOC1C=CC(C(CC)(CC)CC)=CC1. The molecule has 0 aromatic carbocycles. The first-order chi connectivity index (χ1) is 12.1.